The van der Waals surface area contributed by atoms with Gasteiger partial charge in [-0.3, -0.25) is 0 Å². The maximum atomic E-state index is 11.2. The summed E-state index contributed by atoms with van der Waals surface area (Å²) >= 11 is 0. The van der Waals surface area contributed by atoms with Crippen LogP contribution in [0.5, 0.6) is 11.5 Å². The maximum Gasteiger partial charge on any atom is 0.407 e. The Balaban J connectivity index is 0.00000200. The molecule has 1 heterocycles. The Morgan fingerprint density at radius 1 is 1.40 bits per heavy atom. The van der Waals surface area contributed by atoms with Crippen molar-refractivity contribution in [2.75, 3.05) is 6.61 Å². The summed E-state index contributed by atoms with van der Waals surface area (Å²) in [5.74, 6) is 0.814. The topological polar surface area (TPSA) is 67.8 Å². The second-order valence-corrected chi connectivity index (χ2v) is 5.56. The number of rotatable bonds is 2. The Labute approximate surface area is 124 Å². The van der Waals surface area contributed by atoms with Crippen LogP contribution in [0.25, 0.3) is 0 Å². The Bertz CT molecular complexity index is 485. The number of carbonyl (C=O) groups is 1. The molecular formula is C14H20ClNO4. The van der Waals surface area contributed by atoms with Crippen molar-refractivity contribution in [2.45, 2.75) is 38.8 Å². The van der Waals surface area contributed by atoms with Gasteiger partial charge in [0.2, 0.25) is 0 Å². The minimum absolute atomic E-state index is 0. The molecule has 1 fully saturated rings. The summed E-state index contributed by atoms with van der Waals surface area (Å²) in [6, 6.07) is 4.81. The second-order valence-electron chi connectivity index (χ2n) is 5.56. The predicted molar refractivity (Wildman–Crippen MR) is 77.6 cm³/mol. The largest absolute Gasteiger partial charge is 0.508 e. The molecule has 0 bridgehead atoms. The van der Waals surface area contributed by atoms with Gasteiger partial charge in [-0.25, -0.2) is 4.79 Å². The van der Waals surface area contributed by atoms with Crippen LogP contribution in [0.4, 0.5) is 4.79 Å². The Morgan fingerprint density at radius 3 is 2.70 bits per heavy atom. The first-order chi connectivity index (χ1) is 8.85. The number of alkyl carbamates (subject to hydrolysis) is 1. The minimum Gasteiger partial charge on any atom is -0.508 e. The number of hydrogen-bond donors (Lipinski definition) is 2. The smallest absolute Gasteiger partial charge is 0.407 e. The van der Waals surface area contributed by atoms with Gasteiger partial charge in [0.05, 0.1) is 12.6 Å². The fourth-order valence-corrected chi connectivity index (χ4v) is 1.99. The van der Waals surface area contributed by atoms with Crippen LogP contribution in [0.1, 0.15) is 38.8 Å². The van der Waals surface area contributed by atoms with E-state index in [1.54, 1.807) is 18.2 Å². The van der Waals surface area contributed by atoms with E-state index in [2.05, 4.69) is 5.32 Å². The zero-order chi connectivity index (χ0) is 14.0. The Morgan fingerprint density at radius 2 is 2.10 bits per heavy atom. The summed E-state index contributed by atoms with van der Waals surface area (Å²) in [5, 5.41) is 12.6. The van der Waals surface area contributed by atoms with Crippen molar-refractivity contribution in [2.24, 2.45) is 0 Å². The summed E-state index contributed by atoms with van der Waals surface area (Å²) < 4.78 is 10.6. The molecule has 1 saturated heterocycles. The molecule has 112 valence electrons. The lowest BCUT2D eigenvalue weighted by Gasteiger charge is -2.26. The van der Waals surface area contributed by atoms with E-state index in [1.165, 1.54) is 0 Å². The van der Waals surface area contributed by atoms with Gasteiger partial charge in [0.15, 0.2) is 0 Å². The summed E-state index contributed by atoms with van der Waals surface area (Å²) in [4.78, 5) is 11.2. The number of halogens is 1. The van der Waals surface area contributed by atoms with Crippen molar-refractivity contribution in [3.8, 4) is 11.5 Å². The van der Waals surface area contributed by atoms with Gasteiger partial charge in [0, 0.05) is 12.0 Å². The molecule has 6 heteroatoms. The number of phenolic OH excluding ortho intramolecular Hbond substituents is 1. The third-order valence-corrected chi connectivity index (χ3v) is 2.73. The monoisotopic (exact) mass is 301 g/mol. The van der Waals surface area contributed by atoms with Gasteiger partial charge in [-0.2, -0.15) is 0 Å². The first-order valence-electron chi connectivity index (χ1n) is 6.30. The van der Waals surface area contributed by atoms with Crippen LogP contribution >= 0.6 is 12.4 Å². The number of carbonyl (C=O) groups excluding carboxylic acids is 1. The number of aromatic hydroxyl groups is 1. The highest BCUT2D eigenvalue weighted by Crippen LogP contribution is 2.32. The quantitative estimate of drug-likeness (QED) is 0.880. The number of amides is 1. The lowest BCUT2D eigenvalue weighted by molar-refractivity contribution is 0.114. The molecule has 5 nitrogen and oxygen atoms in total. The van der Waals surface area contributed by atoms with Crippen LogP contribution in [-0.2, 0) is 4.74 Å². The highest BCUT2D eigenvalue weighted by Gasteiger charge is 2.24. The van der Waals surface area contributed by atoms with E-state index < -0.39 is 6.09 Å². The zero-order valence-corrected chi connectivity index (χ0v) is 12.6. The van der Waals surface area contributed by atoms with Crippen molar-refractivity contribution in [1.29, 1.82) is 0 Å². The maximum absolute atomic E-state index is 11.2. The molecular weight excluding hydrogens is 282 g/mol. The molecule has 0 saturated carbocycles. The lowest BCUT2D eigenvalue weighted by Crippen LogP contribution is -2.35. The molecule has 0 radical (unpaired) electrons. The summed E-state index contributed by atoms with van der Waals surface area (Å²) in [6.07, 6.45) is 0.163. The first kappa shape index (κ1) is 16.4. The number of nitrogens with one attached hydrogen (secondary N) is 1. The number of phenols is 1. The molecule has 1 aliphatic heterocycles. The van der Waals surface area contributed by atoms with Crippen LogP contribution in [0.15, 0.2) is 18.2 Å². The van der Waals surface area contributed by atoms with Crippen molar-refractivity contribution in [1.82, 2.24) is 5.32 Å². The molecule has 1 aromatic rings. The fraction of sp³-hybridized carbons (Fsp3) is 0.500. The third-order valence-electron chi connectivity index (χ3n) is 2.73. The van der Waals surface area contributed by atoms with Crippen LogP contribution < -0.4 is 10.1 Å². The summed E-state index contributed by atoms with van der Waals surface area (Å²) in [6.45, 7) is 6.21. The van der Waals surface area contributed by atoms with Gasteiger partial charge in [0.25, 0.3) is 0 Å². The average Bonchev–Trinajstić information content (AvgIpc) is 2.30. The fourth-order valence-electron chi connectivity index (χ4n) is 1.99. The highest BCUT2D eigenvalue weighted by atomic mass is 35.5. The molecule has 0 aliphatic carbocycles. The van der Waals surface area contributed by atoms with Crippen molar-refractivity contribution in [3.63, 3.8) is 0 Å². The molecule has 2 N–H and O–H groups in total. The second kappa shape index (κ2) is 6.22. The van der Waals surface area contributed by atoms with Crippen molar-refractivity contribution in [3.05, 3.63) is 23.8 Å². The number of ether oxygens (including phenoxy) is 2. The standard InChI is InChI=1S/C14H19NO4.ClH/c1-14(2,3)19-9-4-5-12(16)10(8-9)11-6-7-18-13(17)15-11;/h4-5,8,11,16H,6-7H2,1-3H3,(H,15,17);1H/t11-;/m0./s1. The Kier molecular flexibility index (Phi) is 5.11. The molecule has 0 spiro atoms. The van der Waals surface area contributed by atoms with Crippen LogP contribution in [0.2, 0.25) is 0 Å². The summed E-state index contributed by atoms with van der Waals surface area (Å²) in [5.41, 5.74) is 0.339. The normalized spacial score (nSPS) is 18.6. The molecule has 20 heavy (non-hydrogen) atoms. The van der Waals surface area contributed by atoms with Crippen LogP contribution in [0, 0.1) is 0 Å². The molecule has 0 unspecified atom stereocenters. The van der Waals surface area contributed by atoms with Gasteiger partial charge < -0.3 is 19.9 Å². The zero-order valence-electron chi connectivity index (χ0n) is 11.8. The molecule has 2 rings (SSSR count). The molecule has 0 aromatic heterocycles. The minimum atomic E-state index is -0.460. The molecule has 1 aliphatic rings. The van der Waals surface area contributed by atoms with Gasteiger partial charge in [-0.05, 0) is 39.0 Å². The van der Waals surface area contributed by atoms with Crippen molar-refractivity contribution < 1.29 is 19.4 Å². The van der Waals surface area contributed by atoms with Gasteiger partial charge >= 0.3 is 6.09 Å². The van der Waals surface area contributed by atoms with Gasteiger partial charge in [0.1, 0.15) is 17.1 Å². The summed E-state index contributed by atoms with van der Waals surface area (Å²) in [7, 11) is 0. The average molecular weight is 302 g/mol. The number of hydrogen-bond acceptors (Lipinski definition) is 4. The van der Waals surface area contributed by atoms with E-state index in [0.717, 1.165) is 0 Å². The van der Waals surface area contributed by atoms with E-state index in [0.29, 0.717) is 24.3 Å². The molecule has 1 atom stereocenters. The van der Waals surface area contributed by atoms with Crippen LogP contribution in [0.3, 0.4) is 0 Å². The van der Waals surface area contributed by atoms with E-state index in [4.69, 9.17) is 9.47 Å². The van der Waals surface area contributed by atoms with E-state index >= 15 is 0 Å². The van der Waals surface area contributed by atoms with Gasteiger partial charge in [-0.15, -0.1) is 12.4 Å². The highest BCUT2D eigenvalue weighted by molar-refractivity contribution is 5.85. The van der Waals surface area contributed by atoms with E-state index in [1.807, 2.05) is 20.8 Å². The third kappa shape index (κ3) is 4.20. The predicted octanol–water partition coefficient (Wildman–Crippen LogP) is 3.16. The lowest BCUT2D eigenvalue weighted by atomic mass is 10.0. The molecule has 1 aromatic carbocycles. The van der Waals surface area contributed by atoms with E-state index in [-0.39, 0.29) is 29.8 Å². The molecule has 1 amide bonds. The first-order valence-corrected chi connectivity index (χ1v) is 6.30. The van der Waals surface area contributed by atoms with Crippen molar-refractivity contribution >= 4 is 18.5 Å². The van der Waals surface area contributed by atoms with E-state index in [9.17, 15) is 9.90 Å². The number of benzene rings is 1. The van der Waals surface area contributed by atoms with Crippen LogP contribution in [-0.4, -0.2) is 23.4 Å². The van der Waals surface area contributed by atoms with Gasteiger partial charge in [-0.1, -0.05) is 0 Å². The SMILES string of the molecule is CC(C)(C)Oc1ccc(O)c([C@@H]2CCOC(=O)N2)c1.Cl. The Hall–Kier alpha value is -1.62. The number of cyclic esters (lactones) is 1.